The molecule has 2 aromatic carbocycles. The van der Waals surface area contributed by atoms with Crippen LogP contribution in [0, 0.1) is 5.92 Å². The zero-order chi connectivity index (χ0) is 21.3. The maximum absolute atomic E-state index is 2.39. The molecular formula is C30H31N. The van der Waals surface area contributed by atoms with Gasteiger partial charge in [-0.25, -0.2) is 0 Å². The Labute approximate surface area is 187 Å². The molecule has 2 aliphatic rings. The van der Waals surface area contributed by atoms with E-state index in [1.807, 2.05) is 0 Å². The fourth-order valence-electron chi connectivity index (χ4n) is 4.04. The van der Waals surface area contributed by atoms with Gasteiger partial charge in [-0.15, -0.1) is 0 Å². The molecule has 0 radical (unpaired) electrons. The lowest BCUT2D eigenvalue weighted by Crippen LogP contribution is -2.16. The summed E-state index contributed by atoms with van der Waals surface area (Å²) in [7, 11) is 0. The topological polar surface area (TPSA) is 3.24 Å². The summed E-state index contributed by atoms with van der Waals surface area (Å²) in [5, 5.41) is 0. The Kier molecular flexibility index (Phi) is 7.18. The number of allylic oxidation sites excluding steroid dienone is 11. The minimum absolute atomic E-state index is 0.473. The van der Waals surface area contributed by atoms with Crippen LogP contribution in [0.2, 0.25) is 0 Å². The zero-order valence-corrected chi connectivity index (χ0v) is 18.3. The number of nitrogens with zero attached hydrogens (tertiary/aromatic N) is 1. The van der Waals surface area contributed by atoms with Crippen LogP contribution >= 0.6 is 0 Å². The van der Waals surface area contributed by atoms with Crippen LogP contribution in [0.5, 0.6) is 0 Å². The highest BCUT2D eigenvalue weighted by Crippen LogP contribution is 2.29. The molecule has 0 aromatic heterocycles. The first-order chi connectivity index (χ1) is 15.3. The molecule has 0 aliphatic heterocycles. The van der Waals surface area contributed by atoms with Gasteiger partial charge in [0.05, 0.1) is 0 Å². The van der Waals surface area contributed by atoms with Crippen molar-refractivity contribution in [3.8, 4) is 0 Å². The second-order valence-electron chi connectivity index (χ2n) is 8.10. The molecule has 0 heterocycles. The average Bonchev–Trinajstić information content (AvgIpc) is 3.11. The summed E-state index contributed by atoms with van der Waals surface area (Å²) in [6.45, 7) is 3.06. The van der Waals surface area contributed by atoms with Crippen LogP contribution in [0.15, 0.2) is 121 Å². The van der Waals surface area contributed by atoms with E-state index < -0.39 is 0 Å². The fourth-order valence-corrected chi connectivity index (χ4v) is 4.04. The van der Waals surface area contributed by atoms with Gasteiger partial charge in [0.15, 0.2) is 0 Å². The third-order valence-corrected chi connectivity index (χ3v) is 5.88. The van der Waals surface area contributed by atoms with Gasteiger partial charge in [-0.2, -0.15) is 0 Å². The van der Waals surface area contributed by atoms with E-state index in [4.69, 9.17) is 0 Å². The van der Waals surface area contributed by atoms with Crippen molar-refractivity contribution < 1.29 is 0 Å². The van der Waals surface area contributed by atoms with Crippen LogP contribution in [0.4, 0.5) is 11.4 Å². The standard InChI is InChI=1S/C30H31N/c1-25-13-9-10-14-26(25)15-11-12-24-31(29-18-7-4-8-19-29)30-22-20-28(21-23-30)27-16-5-2-3-6-17-27/h2,4-5,7-15,17-23,25H,3,6,16,24H2,1H3/b12-11-,26-15-. The Bertz CT molecular complexity index is 1030. The lowest BCUT2D eigenvalue weighted by atomic mass is 9.96. The maximum atomic E-state index is 2.39. The van der Waals surface area contributed by atoms with Gasteiger partial charge in [0.1, 0.15) is 0 Å². The summed E-state index contributed by atoms with van der Waals surface area (Å²) in [5.74, 6) is 0.473. The molecule has 2 aromatic rings. The molecule has 1 unspecified atom stereocenters. The van der Waals surface area contributed by atoms with E-state index >= 15 is 0 Å². The van der Waals surface area contributed by atoms with Gasteiger partial charge in [0.2, 0.25) is 0 Å². The van der Waals surface area contributed by atoms with Crippen molar-refractivity contribution in [2.24, 2.45) is 5.92 Å². The predicted octanol–water partition coefficient (Wildman–Crippen LogP) is 8.19. The molecule has 31 heavy (non-hydrogen) atoms. The van der Waals surface area contributed by atoms with Crippen molar-refractivity contribution >= 4 is 16.9 Å². The number of anilines is 2. The highest BCUT2D eigenvalue weighted by Gasteiger charge is 2.09. The molecule has 0 saturated heterocycles. The molecule has 1 nitrogen and oxygen atoms in total. The van der Waals surface area contributed by atoms with Crippen LogP contribution in [0.1, 0.15) is 31.7 Å². The third kappa shape index (κ3) is 5.64. The minimum atomic E-state index is 0.473. The van der Waals surface area contributed by atoms with E-state index in [0.29, 0.717) is 5.92 Å². The van der Waals surface area contributed by atoms with Crippen molar-refractivity contribution in [3.63, 3.8) is 0 Å². The van der Waals surface area contributed by atoms with E-state index in [1.54, 1.807) is 0 Å². The molecule has 0 bridgehead atoms. The Morgan fingerprint density at radius 3 is 2.52 bits per heavy atom. The van der Waals surface area contributed by atoms with Gasteiger partial charge in [-0.1, -0.05) is 98.0 Å². The Morgan fingerprint density at radius 2 is 1.71 bits per heavy atom. The number of para-hydroxylation sites is 1. The molecule has 0 spiro atoms. The number of rotatable bonds is 6. The van der Waals surface area contributed by atoms with Gasteiger partial charge < -0.3 is 4.90 Å². The summed E-state index contributed by atoms with van der Waals surface area (Å²) >= 11 is 0. The van der Waals surface area contributed by atoms with Crippen LogP contribution in [-0.4, -0.2) is 6.54 Å². The SMILES string of the molecule is CC1C=CC=C/C1=C/C=C\CN(c1ccccc1)c1ccc(C2=CCCC=CC2)cc1. The molecule has 0 amide bonds. The first-order valence-corrected chi connectivity index (χ1v) is 11.3. The Hall–Kier alpha value is -3.32. The van der Waals surface area contributed by atoms with Crippen LogP contribution in [-0.2, 0) is 0 Å². The molecule has 1 heteroatoms. The van der Waals surface area contributed by atoms with Gasteiger partial charge >= 0.3 is 0 Å². The molecule has 0 N–H and O–H groups in total. The lowest BCUT2D eigenvalue weighted by molar-refractivity contribution is 0.883. The maximum Gasteiger partial charge on any atom is 0.0415 e. The number of hydrogen-bond acceptors (Lipinski definition) is 1. The van der Waals surface area contributed by atoms with Gasteiger partial charge in [-0.05, 0) is 66.2 Å². The second-order valence-corrected chi connectivity index (χ2v) is 8.10. The summed E-state index contributed by atoms with van der Waals surface area (Å²) < 4.78 is 0. The first kappa shape index (κ1) is 20.9. The van der Waals surface area contributed by atoms with E-state index in [2.05, 4.69) is 127 Å². The van der Waals surface area contributed by atoms with Crippen molar-refractivity contribution in [2.45, 2.75) is 26.2 Å². The quantitative estimate of drug-likeness (QED) is 0.438. The van der Waals surface area contributed by atoms with E-state index in [0.717, 1.165) is 25.8 Å². The Morgan fingerprint density at radius 1 is 0.903 bits per heavy atom. The van der Waals surface area contributed by atoms with Crippen molar-refractivity contribution in [1.29, 1.82) is 0 Å². The molecule has 0 saturated carbocycles. The molecule has 4 rings (SSSR count). The lowest BCUT2D eigenvalue weighted by Gasteiger charge is -2.24. The van der Waals surface area contributed by atoms with Gasteiger partial charge in [-0.3, -0.25) is 0 Å². The summed E-state index contributed by atoms with van der Waals surface area (Å²) in [4.78, 5) is 2.36. The smallest absolute Gasteiger partial charge is 0.0415 e. The van der Waals surface area contributed by atoms with Crippen molar-refractivity contribution in [1.82, 2.24) is 0 Å². The number of hydrogen-bond donors (Lipinski definition) is 0. The first-order valence-electron chi connectivity index (χ1n) is 11.3. The summed E-state index contributed by atoms with van der Waals surface area (Å²) in [6.07, 6.45) is 25.6. The van der Waals surface area contributed by atoms with E-state index in [9.17, 15) is 0 Å². The normalized spacial score (nSPS) is 19.6. The highest BCUT2D eigenvalue weighted by molar-refractivity contribution is 5.71. The molecular weight excluding hydrogens is 374 g/mol. The largest absolute Gasteiger partial charge is 0.338 e. The van der Waals surface area contributed by atoms with Gasteiger partial charge in [0.25, 0.3) is 0 Å². The Balaban J connectivity index is 1.53. The fraction of sp³-hybridized carbons (Fsp3) is 0.200. The average molecular weight is 406 g/mol. The van der Waals surface area contributed by atoms with Crippen LogP contribution < -0.4 is 4.90 Å². The van der Waals surface area contributed by atoms with E-state index in [-0.39, 0.29) is 0 Å². The monoisotopic (exact) mass is 405 g/mol. The predicted molar refractivity (Wildman–Crippen MR) is 136 cm³/mol. The van der Waals surface area contributed by atoms with Crippen LogP contribution in [0.3, 0.4) is 0 Å². The molecule has 0 fully saturated rings. The third-order valence-electron chi connectivity index (χ3n) is 5.88. The zero-order valence-electron chi connectivity index (χ0n) is 18.3. The van der Waals surface area contributed by atoms with Gasteiger partial charge in [0, 0.05) is 17.9 Å². The minimum Gasteiger partial charge on any atom is -0.338 e. The number of benzene rings is 2. The highest BCUT2D eigenvalue weighted by atomic mass is 15.1. The molecule has 1 atom stereocenters. The second kappa shape index (κ2) is 10.6. The van der Waals surface area contributed by atoms with Crippen molar-refractivity contribution in [2.75, 3.05) is 11.4 Å². The van der Waals surface area contributed by atoms with Crippen molar-refractivity contribution in [3.05, 3.63) is 126 Å². The van der Waals surface area contributed by atoms with Crippen LogP contribution in [0.25, 0.3) is 5.57 Å². The molecule has 156 valence electrons. The summed E-state index contributed by atoms with van der Waals surface area (Å²) in [5.41, 5.74) is 6.53. The summed E-state index contributed by atoms with van der Waals surface area (Å²) in [6, 6.07) is 19.7. The molecule has 2 aliphatic carbocycles. The van der Waals surface area contributed by atoms with E-state index in [1.165, 1.54) is 28.1 Å².